The van der Waals surface area contributed by atoms with E-state index in [2.05, 4.69) is 12.2 Å². The van der Waals surface area contributed by atoms with Gasteiger partial charge in [-0.2, -0.15) is 0 Å². The van der Waals surface area contributed by atoms with E-state index in [1.165, 1.54) is 13.2 Å². The van der Waals surface area contributed by atoms with Crippen molar-refractivity contribution in [3.05, 3.63) is 29.6 Å². The third kappa shape index (κ3) is 6.89. The van der Waals surface area contributed by atoms with E-state index >= 15 is 0 Å². The molecule has 0 fully saturated rings. The van der Waals surface area contributed by atoms with E-state index in [1.54, 1.807) is 13.2 Å². The van der Waals surface area contributed by atoms with Crippen LogP contribution in [0, 0.1) is 5.82 Å². The molecule has 1 unspecified atom stereocenters. The Bertz CT molecular complexity index is 401. The third-order valence-corrected chi connectivity index (χ3v) is 3.13. The van der Waals surface area contributed by atoms with Crippen LogP contribution in [0.15, 0.2) is 18.2 Å². The van der Waals surface area contributed by atoms with Crippen LogP contribution >= 0.6 is 0 Å². The van der Waals surface area contributed by atoms with Crippen LogP contribution in [-0.4, -0.2) is 46.6 Å². The molecule has 0 saturated carbocycles. The van der Waals surface area contributed by atoms with Gasteiger partial charge in [0.05, 0.1) is 26.9 Å². The fourth-order valence-electron chi connectivity index (χ4n) is 2.03. The van der Waals surface area contributed by atoms with E-state index < -0.39 is 0 Å². The van der Waals surface area contributed by atoms with Crippen molar-refractivity contribution in [2.45, 2.75) is 25.8 Å². The minimum absolute atomic E-state index is 0.162. The lowest BCUT2D eigenvalue weighted by Crippen LogP contribution is -2.36. The maximum Gasteiger partial charge on any atom is 0.165 e. The van der Waals surface area contributed by atoms with Gasteiger partial charge in [0.25, 0.3) is 0 Å². The highest BCUT2D eigenvalue weighted by Gasteiger charge is 2.11. The molecule has 4 nitrogen and oxygen atoms in total. The minimum Gasteiger partial charge on any atom is -0.494 e. The summed E-state index contributed by atoms with van der Waals surface area (Å²) in [6.45, 7) is 4.76. The van der Waals surface area contributed by atoms with Crippen molar-refractivity contribution in [3.63, 3.8) is 0 Å². The van der Waals surface area contributed by atoms with Crippen molar-refractivity contribution in [2.75, 3.05) is 40.6 Å². The van der Waals surface area contributed by atoms with E-state index in [4.69, 9.17) is 14.2 Å². The highest BCUT2D eigenvalue weighted by Crippen LogP contribution is 2.18. The number of halogens is 1. The van der Waals surface area contributed by atoms with Crippen molar-refractivity contribution in [1.82, 2.24) is 5.32 Å². The lowest BCUT2D eigenvalue weighted by molar-refractivity contribution is 0.0587. The number of nitrogens with one attached hydrogen (secondary N) is 1. The molecule has 1 rings (SSSR count). The smallest absolute Gasteiger partial charge is 0.165 e. The summed E-state index contributed by atoms with van der Waals surface area (Å²) in [6.07, 6.45) is 1.76. The van der Waals surface area contributed by atoms with Crippen molar-refractivity contribution in [3.8, 4) is 5.75 Å². The molecule has 1 N–H and O–H groups in total. The molecule has 0 spiro atoms. The maximum absolute atomic E-state index is 13.7. The van der Waals surface area contributed by atoms with Gasteiger partial charge in [-0.1, -0.05) is 13.0 Å². The van der Waals surface area contributed by atoms with Gasteiger partial charge in [-0.25, -0.2) is 4.39 Å². The lowest BCUT2D eigenvalue weighted by Gasteiger charge is -2.19. The second kappa shape index (κ2) is 10.5. The Morgan fingerprint density at radius 1 is 1.24 bits per heavy atom. The first-order chi connectivity index (χ1) is 10.2. The molecule has 120 valence electrons. The zero-order valence-corrected chi connectivity index (χ0v) is 13.2. The fourth-order valence-corrected chi connectivity index (χ4v) is 2.03. The summed E-state index contributed by atoms with van der Waals surface area (Å²) in [5.41, 5.74) is 0.928. The van der Waals surface area contributed by atoms with Gasteiger partial charge in [0.2, 0.25) is 0 Å². The van der Waals surface area contributed by atoms with Crippen LogP contribution in [0.25, 0.3) is 0 Å². The van der Waals surface area contributed by atoms with Crippen LogP contribution < -0.4 is 10.1 Å². The summed E-state index contributed by atoms with van der Waals surface area (Å²) in [4.78, 5) is 0. The third-order valence-electron chi connectivity index (χ3n) is 3.13. The summed E-state index contributed by atoms with van der Waals surface area (Å²) in [6, 6.07) is 5.23. The minimum atomic E-state index is -0.329. The van der Waals surface area contributed by atoms with E-state index in [9.17, 15) is 4.39 Å². The van der Waals surface area contributed by atoms with Gasteiger partial charge in [0.15, 0.2) is 11.6 Å². The van der Waals surface area contributed by atoms with Crippen molar-refractivity contribution < 1.29 is 18.6 Å². The van der Waals surface area contributed by atoms with Crippen LogP contribution in [0.3, 0.4) is 0 Å². The Labute approximate surface area is 126 Å². The first-order valence-electron chi connectivity index (χ1n) is 7.33. The van der Waals surface area contributed by atoms with Gasteiger partial charge in [0.1, 0.15) is 0 Å². The number of hydrogen-bond donors (Lipinski definition) is 1. The lowest BCUT2D eigenvalue weighted by atomic mass is 10.1. The molecule has 0 bridgehead atoms. The van der Waals surface area contributed by atoms with Crippen LogP contribution in [0.4, 0.5) is 4.39 Å². The van der Waals surface area contributed by atoms with Crippen molar-refractivity contribution in [2.24, 2.45) is 0 Å². The van der Waals surface area contributed by atoms with Gasteiger partial charge >= 0.3 is 0 Å². The van der Waals surface area contributed by atoms with E-state index in [-0.39, 0.29) is 17.6 Å². The molecule has 0 aliphatic carbocycles. The molecule has 1 aromatic rings. The fraction of sp³-hybridized carbons (Fsp3) is 0.625. The first kappa shape index (κ1) is 17.9. The molecule has 1 atom stereocenters. The topological polar surface area (TPSA) is 39.7 Å². The SMILES string of the molecule is CCCNC(COCCOC)Cc1ccc(OC)c(F)c1. The predicted molar refractivity (Wildman–Crippen MR) is 81.4 cm³/mol. The number of hydrogen-bond acceptors (Lipinski definition) is 4. The Morgan fingerprint density at radius 3 is 2.67 bits per heavy atom. The van der Waals surface area contributed by atoms with Crippen molar-refractivity contribution >= 4 is 0 Å². The standard InChI is InChI=1S/C16H26FNO3/c1-4-7-18-14(12-21-9-8-19-2)10-13-5-6-16(20-3)15(17)11-13/h5-6,11,14,18H,4,7-10,12H2,1-3H3. The number of benzene rings is 1. The summed E-state index contributed by atoms with van der Waals surface area (Å²) in [5.74, 6) is -0.0577. The van der Waals surface area contributed by atoms with Crippen LogP contribution in [0.1, 0.15) is 18.9 Å². The van der Waals surface area contributed by atoms with E-state index in [0.29, 0.717) is 26.2 Å². The van der Waals surface area contributed by atoms with Crippen molar-refractivity contribution in [1.29, 1.82) is 0 Å². The average Bonchev–Trinajstić information content (AvgIpc) is 2.49. The Balaban J connectivity index is 2.55. The Kier molecular flexibility index (Phi) is 8.98. The van der Waals surface area contributed by atoms with Gasteiger partial charge in [-0.05, 0) is 37.1 Å². The molecule has 0 heterocycles. The van der Waals surface area contributed by atoms with E-state index in [1.807, 2.05) is 6.07 Å². The number of methoxy groups -OCH3 is 2. The Morgan fingerprint density at radius 2 is 2.05 bits per heavy atom. The highest BCUT2D eigenvalue weighted by molar-refractivity contribution is 5.29. The zero-order valence-electron chi connectivity index (χ0n) is 13.2. The second-order valence-corrected chi connectivity index (χ2v) is 4.89. The normalized spacial score (nSPS) is 12.4. The van der Waals surface area contributed by atoms with Crippen LogP contribution in [0.5, 0.6) is 5.75 Å². The summed E-state index contributed by atoms with van der Waals surface area (Å²) < 4.78 is 29.2. The molecular weight excluding hydrogens is 273 g/mol. The predicted octanol–water partition coefficient (Wildman–Crippen LogP) is 2.41. The van der Waals surface area contributed by atoms with Gasteiger partial charge in [-0.15, -0.1) is 0 Å². The monoisotopic (exact) mass is 299 g/mol. The summed E-state index contributed by atoms with van der Waals surface area (Å²) in [7, 11) is 3.11. The number of ether oxygens (including phenoxy) is 3. The molecule has 0 aromatic heterocycles. The molecule has 1 aromatic carbocycles. The maximum atomic E-state index is 13.7. The van der Waals surface area contributed by atoms with Crippen LogP contribution in [-0.2, 0) is 15.9 Å². The molecule has 0 radical (unpaired) electrons. The largest absolute Gasteiger partial charge is 0.494 e. The number of rotatable bonds is 11. The molecule has 0 saturated heterocycles. The first-order valence-corrected chi connectivity index (χ1v) is 7.33. The van der Waals surface area contributed by atoms with Crippen LogP contribution in [0.2, 0.25) is 0 Å². The zero-order chi connectivity index (χ0) is 15.5. The molecule has 0 aliphatic rings. The summed E-state index contributed by atoms with van der Waals surface area (Å²) >= 11 is 0. The second-order valence-electron chi connectivity index (χ2n) is 4.89. The Hall–Kier alpha value is -1.17. The van der Waals surface area contributed by atoms with Gasteiger partial charge in [0, 0.05) is 13.2 Å². The molecular formula is C16H26FNO3. The molecule has 0 amide bonds. The quantitative estimate of drug-likeness (QED) is 0.637. The molecule has 5 heteroatoms. The highest BCUT2D eigenvalue weighted by atomic mass is 19.1. The van der Waals surface area contributed by atoms with E-state index in [0.717, 1.165) is 18.5 Å². The van der Waals surface area contributed by atoms with Gasteiger partial charge in [-0.3, -0.25) is 0 Å². The molecule has 21 heavy (non-hydrogen) atoms. The van der Waals surface area contributed by atoms with Gasteiger partial charge < -0.3 is 19.5 Å². The summed E-state index contributed by atoms with van der Waals surface area (Å²) in [5, 5.41) is 3.42. The average molecular weight is 299 g/mol. The molecule has 0 aliphatic heterocycles.